The van der Waals surface area contributed by atoms with Crippen LogP contribution in [0.15, 0.2) is 163 Å². The second-order valence-corrected chi connectivity index (χ2v) is 13.7. The van der Waals surface area contributed by atoms with Crippen molar-refractivity contribution in [2.45, 2.75) is 36.9 Å². The van der Waals surface area contributed by atoms with Gasteiger partial charge in [0.15, 0.2) is 0 Å². The first-order valence-corrected chi connectivity index (χ1v) is 18.0. The molecule has 52 heavy (non-hydrogen) atoms. The van der Waals surface area contributed by atoms with Gasteiger partial charge in [-0.3, -0.25) is 9.78 Å². The van der Waals surface area contributed by atoms with Crippen LogP contribution >= 0.6 is 0 Å². The Morgan fingerprint density at radius 3 is 1.90 bits per heavy atom. The molecule has 5 aromatic carbocycles. The summed E-state index contributed by atoms with van der Waals surface area (Å²) in [4.78, 5) is 23.2. The van der Waals surface area contributed by atoms with Crippen molar-refractivity contribution in [1.82, 2.24) is 25.4 Å². The van der Waals surface area contributed by atoms with Crippen LogP contribution in [0.1, 0.15) is 46.7 Å². The number of rotatable bonds is 11. The van der Waals surface area contributed by atoms with E-state index in [1.807, 2.05) is 30.3 Å². The summed E-state index contributed by atoms with van der Waals surface area (Å²) in [6.07, 6.45) is 6.40. The van der Waals surface area contributed by atoms with Crippen molar-refractivity contribution < 1.29 is 4.79 Å². The third-order valence-electron chi connectivity index (χ3n) is 10.3. The fourth-order valence-corrected chi connectivity index (χ4v) is 7.57. The third-order valence-corrected chi connectivity index (χ3v) is 10.3. The maximum atomic E-state index is 14.0. The standard InChI is InChI=1S/C45H38N6O/c52-44(49-41(30-47-37-21-22-37)31-13-5-1-6-14-31)40-27-33-28-42-38(29-39(33)48-40)43(32-23-25-46-26-24-32)50-51(42)45(34-15-7-2-8-16-34,35-17-9-3-10-18-35)36-19-11-4-12-20-36/h1-20,23-26,28-29,37,41,47H,21-22,27,30H2,(H,49,52)/t41-/m1/s1. The van der Waals surface area contributed by atoms with Crippen LogP contribution in [0, 0.1) is 0 Å². The molecule has 1 saturated carbocycles. The van der Waals surface area contributed by atoms with Crippen LogP contribution in [-0.4, -0.2) is 39.0 Å². The number of carbonyl (C=O) groups excluding carboxylic acids is 1. The summed E-state index contributed by atoms with van der Waals surface area (Å²) in [5, 5.41) is 13.4. The molecule has 1 atom stereocenters. The molecular formula is C45H38N6O. The van der Waals surface area contributed by atoms with E-state index in [-0.39, 0.29) is 11.9 Å². The smallest absolute Gasteiger partial charge is 0.266 e. The first kappa shape index (κ1) is 31.8. The van der Waals surface area contributed by atoms with Gasteiger partial charge < -0.3 is 10.6 Å². The number of carbonyl (C=O) groups is 1. The lowest BCUT2D eigenvalue weighted by atomic mass is 9.77. The van der Waals surface area contributed by atoms with Crippen molar-refractivity contribution in [3.05, 3.63) is 186 Å². The fourth-order valence-electron chi connectivity index (χ4n) is 7.57. The van der Waals surface area contributed by atoms with Gasteiger partial charge in [-0.2, -0.15) is 5.10 Å². The van der Waals surface area contributed by atoms with E-state index in [2.05, 4.69) is 136 Å². The van der Waals surface area contributed by atoms with Crippen LogP contribution in [-0.2, 0) is 16.8 Å². The average molecular weight is 679 g/mol. The summed E-state index contributed by atoms with van der Waals surface area (Å²) >= 11 is 0. The SMILES string of the molecule is O=C(N[C@H](CNC1CC1)c1ccccc1)C1=Nc2cc3c(-c4ccncc4)nn(C(c4ccccc4)(c4ccccc4)c4ccccc4)c3cc2C1. The summed E-state index contributed by atoms with van der Waals surface area (Å²) in [6, 6.07) is 50.6. The quantitative estimate of drug-likeness (QED) is 0.135. The number of nitrogens with zero attached hydrogens (tertiary/aromatic N) is 4. The molecule has 3 heterocycles. The number of nitrogens with one attached hydrogen (secondary N) is 2. The van der Waals surface area contributed by atoms with Crippen LogP contribution in [0.25, 0.3) is 22.2 Å². The molecule has 0 bridgehead atoms. The van der Waals surface area contributed by atoms with Crippen molar-refractivity contribution >= 4 is 28.2 Å². The van der Waals surface area contributed by atoms with Gasteiger partial charge in [-0.15, -0.1) is 0 Å². The lowest BCUT2D eigenvalue weighted by Crippen LogP contribution is -2.39. The number of benzene rings is 5. The highest BCUT2D eigenvalue weighted by Crippen LogP contribution is 2.45. The highest BCUT2D eigenvalue weighted by Gasteiger charge is 2.41. The molecule has 7 nitrogen and oxygen atoms in total. The molecule has 2 aromatic heterocycles. The molecule has 0 spiro atoms. The fraction of sp³-hybridized carbons (Fsp3) is 0.156. The van der Waals surface area contributed by atoms with E-state index >= 15 is 0 Å². The Hall–Kier alpha value is -6.18. The van der Waals surface area contributed by atoms with Gasteiger partial charge in [0.1, 0.15) is 16.9 Å². The minimum Gasteiger partial charge on any atom is -0.343 e. The highest BCUT2D eigenvalue weighted by atomic mass is 16.2. The maximum Gasteiger partial charge on any atom is 0.266 e. The summed E-state index contributed by atoms with van der Waals surface area (Å²) in [7, 11) is 0. The third kappa shape index (κ3) is 5.79. The van der Waals surface area contributed by atoms with Gasteiger partial charge in [-0.25, -0.2) is 9.67 Å². The summed E-state index contributed by atoms with van der Waals surface area (Å²) in [5.41, 5.74) is 8.55. The molecule has 254 valence electrons. The van der Waals surface area contributed by atoms with E-state index in [9.17, 15) is 4.79 Å². The largest absolute Gasteiger partial charge is 0.343 e. The number of aromatic nitrogens is 3. The van der Waals surface area contributed by atoms with Gasteiger partial charge in [0.2, 0.25) is 0 Å². The number of hydrogen-bond donors (Lipinski definition) is 2. The summed E-state index contributed by atoms with van der Waals surface area (Å²) in [6.45, 7) is 0.677. The van der Waals surface area contributed by atoms with Gasteiger partial charge in [0, 0.05) is 42.4 Å². The van der Waals surface area contributed by atoms with E-state index < -0.39 is 5.54 Å². The summed E-state index contributed by atoms with van der Waals surface area (Å²) in [5.74, 6) is -0.144. The first-order chi connectivity index (χ1) is 25.7. The van der Waals surface area contributed by atoms with Crippen LogP contribution in [0.4, 0.5) is 5.69 Å². The minimum absolute atomic E-state index is 0.144. The Morgan fingerprint density at radius 1 is 0.750 bits per heavy atom. The Balaban J connectivity index is 1.19. The molecular weight excluding hydrogens is 641 g/mol. The zero-order valence-electron chi connectivity index (χ0n) is 28.7. The topological polar surface area (TPSA) is 84.2 Å². The zero-order chi connectivity index (χ0) is 34.9. The van der Waals surface area contributed by atoms with Crippen molar-refractivity contribution in [2.75, 3.05) is 6.54 Å². The molecule has 7 aromatic rings. The summed E-state index contributed by atoms with van der Waals surface area (Å²) < 4.78 is 2.19. The number of fused-ring (bicyclic) bond motifs is 2. The Kier molecular flexibility index (Phi) is 8.25. The lowest BCUT2D eigenvalue weighted by Gasteiger charge is -2.37. The molecule has 7 heteroatoms. The first-order valence-electron chi connectivity index (χ1n) is 18.0. The molecule has 2 aliphatic rings. The van der Waals surface area contributed by atoms with Gasteiger partial charge >= 0.3 is 0 Å². The molecule has 0 unspecified atom stereocenters. The molecule has 0 saturated heterocycles. The Bertz CT molecular complexity index is 2270. The number of amides is 1. The number of aliphatic imine (C=N–C) groups is 1. The van der Waals surface area contributed by atoms with E-state index in [0.29, 0.717) is 24.7 Å². The maximum absolute atomic E-state index is 14.0. The average Bonchev–Trinajstić information content (AvgIpc) is 3.84. The van der Waals surface area contributed by atoms with E-state index in [1.165, 1.54) is 12.8 Å². The molecule has 1 aliphatic heterocycles. The monoisotopic (exact) mass is 678 g/mol. The Labute approximate surface area is 303 Å². The molecule has 1 amide bonds. The lowest BCUT2D eigenvalue weighted by molar-refractivity contribution is -0.115. The van der Waals surface area contributed by atoms with E-state index in [4.69, 9.17) is 10.1 Å². The number of hydrogen-bond acceptors (Lipinski definition) is 5. The molecule has 1 aliphatic carbocycles. The Morgan fingerprint density at radius 2 is 1.33 bits per heavy atom. The van der Waals surface area contributed by atoms with Gasteiger partial charge in [-0.05, 0) is 64.9 Å². The van der Waals surface area contributed by atoms with Crippen molar-refractivity contribution in [3.8, 4) is 11.3 Å². The normalized spacial score (nSPS) is 14.5. The highest BCUT2D eigenvalue weighted by molar-refractivity contribution is 6.41. The molecule has 2 N–H and O–H groups in total. The molecule has 9 rings (SSSR count). The van der Waals surface area contributed by atoms with E-state index in [0.717, 1.165) is 55.7 Å². The van der Waals surface area contributed by atoms with Crippen LogP contribution in [0.5, 0.6) is 0 Å². The zero-order valence-corrected chi connectivity index (χ0v) is 28.7. The van der Waals surface area contributed by atoms with Gasteiger partial charge in [0.05, 0.1) is 17.2 Å². The van der Waals surface area contributed by atoms with Crippen molar-refractivity contribution in [1.29, 1.82) is 0 Å². The minimum atomic E-state index is -0.821. The van der Waals surface area contributed by atoms with Crippen LogP contribution in [0.3, 0.4) is 0 Å². The number of pyridine rings is 1. The van der Waals surface area contributed by atoms with Crippen molar-refractivity contribution in [3.63, 3.8) is 0 Å². The second kappa shape index (κ2) is 13.5. The van der Waals surface area contributed by atoms with Crippen LogP contribution < -0.4 is 10.6 Å². The van der Waals surface area contributed by atoms with Gasteiger partial charge in [0.25, 0.3) is 5.91 Å². The molecule has 0 radical (unpaired) electrons. The predicted molar refractivity (Wildman–Crippen MR) is 207 cm³/mol. The second-order valence-electron chi connectivity index (χ2n) is 13.7. The predicted octanol–water partition coefficient (Wildman–Crippen LogP) is 8.18. The van der Waals surface area contributed by atoms with Gasteiger partial charge in [-0.1, -0.05) is 121 Å². The molecule has 1 fully saturated rings. The van der Waals surface area contributed by atoms with Crippen LogP contribution in [0.2, 0.25) is 0 Å². The van der Waals surface area contributed by atoms with E-state index in [1.54, 1.807) is 12.4 Å². The van der Waals surface area contributed by atoms with Crippen molar-refractivity contribution in [2.24, 2.45) is 4.99 Å².